The molecule has 0 bridgehead atoms. The SMILES string of the molecule is C[C@@H](CSC(=N)N)C(N)=O. The van der Waals surface area contributed by atoms with Gasteiger partial charge in [0, 0.05) is 11.7 Å². The van der Waals surface area contributed by atoms with Gasteiger partial charge in [-0.05, 0) is 0 Å². The van der Waals surface area contributed by atoms with Crippen molar-refractivity contribution in [1.82, 2.24) is 0 Å². The summed E-state index contributed by atoms with van der Waals surface area (Å²) in [6.07, 6.45) is 0. The number of amides is 1. The van der Waals surface area contributed by atoms with Gasteiger partial charge in [0.25, 0.3) is 0 Å². The van der Waals surface area contributed by atoms with Crippen molar-refractivity contribution in [2.75, 3.05) is 5.75 Å². The molecule has 5 N–H and O–H groups in total. The fourth-order valence-electron chi connectivity index (χ4n) is 0.297. The Morgan fingerprint density at radius 1 is 1.70 bits per heavy atom. The Morgan fingerprint density at radius 3 is 2.50 bits per heavy atom. The number of nitrogens with one attached hydrogen (secondary N) is 1. The van der Waals surface area contributed by atoms with Crippen molar-refractivity contribution >= 4 is 22.8 Å². The van der Waals surface area contributed by atoms with Gasteiger partial charge in [-0.3, -0.25) is 10.2 Å². The van der Waals surface area contributed by atoms with Gasteiger partial charge in [-0.25, -0.2) is 0 Å². The summed E-state index contributed by atoms with van der Waals surface area (Å²) in [5.74, 6) is -0.0762. The summed E-state index contributed by atoms with van der Waals surface area (Å²) >= 11 is 1.13. The second-order valence-corrected chi connectivity index (χ2v) is 3.04. The minimum atomic E-state index is -0.353. The van der Waals surface area contributed by atoms with E-state index in [9.17, 15) is 4.79 Å². The highest BCUT2D eigenvalue weighted by molar-refractivity contribution is 8.13. The van der Waals surface area contributed by atoms with E-state index in [0.717, 1.165) is 11.8 Å². The first-order chi connectivity index (χ1) is 4.54. The van der Waals surface area contributed by atoms with Gasteiger partial charge in [-0.15, -0.1) is 0 Å². The monoisotopic (exact) mass is 161 g/mol. The van der Waals surface area contributed by atoms with Crippen LogP contribution in [0.3, 0.4) is 0 Å². The van der Waals surface area contributed by atoms with Crippen LogP contribution in [-0.4, -0.2) is 16.8 Å². The lowest BCUT2D eigenvalue weighted by Crippen LogP contribution is -2.23. The van der Waals surface area contributed by atoms with Crippen LogP contribution < -0.4 is 11.5 Å². The zero-order valence-electron chi connectivity index (χ0n) is 5.76. The van der Waals surface area contributed by atoms with Crippen LogP contribution in [0.2, 0.25) is 0 Å². The molecule has 0 aliphatic rings. The highest BCUT2D eigenvalue weighted by atomic mass is 32.2. The molecule has 0 aliphatic heterocycles. The molecule has 4 nitrogen and oxygen atoms in total. The molecule has 0 unspecified atom stereocenters. The Morgan fingerprint density at radius 2 is 2.20 bits per heavy atom. The lowest BCUT2D eigenvalue weighted by molar-refractivity contribution is -0.120. The molecule has 1 atom stereocenters. The van der Waals surface area contributed by atoms with Gasteiger partial charge in [0.1, 0.15) is 0 Å². The smallest absolute Gasteiger partial charge is 0.221 e. The van der Waals surface area contributed by atoms with Crippen LogP contribution in [0.4, 0.5) is 0 Å². The van der Waals surface area contributed by atoms with E-state index in [1.54, 1.807) is 6.92 Å². The molecular weight excluding hydrogens is 150 g/mol. The summed E-state index contributed by atoms with van der Waals surface area (Å²) in [4.78, 5) is 10.4. The molecule has 0 radical (unpaired) electrons. The van der Waals surface area contributed by atoms with E-state index in [4.69, 9.17) is 16.9 Å². The molecule has 0 saturated heterocycles. The molecular formula is C5H11N3OS. The van der Waals surface area contributed by atoms with Crippen LogP contribution in [0.1, 0.15) is 6.92 Å². The van der Waals surface area contributed by atoms with E-state index in [1.165, 1.54) is 0 Å². The Balaban J connectivity index is 3.49. The quantitative estimate of drug-likeness (QED) is 0.393. The zero-order chi connectivity index (χ0) is 8.15. The standard InChI is InChI=1S/C5H11N3OS/c1-3(4(6)9)2-10-5(7)8/h3H,2H2,1H3,(H2,6,9)(H3,7,8)/t3-/m0/s1. The number of hydrogen-bond acceptors (Lipinski definition) is 3. The summed E-state index contributed by atoms with van der Waals surface area (Å²) in [5, 5.41) is 6.84. The number of nitrogens with two attached hydrogens (primary N) is 2. The van der Waals surface area contributed by atoms with Gasteiger partial charge in [0.15, 0.2) is 5.17 Å². The van der Waals surface area contributed by atoms with Crippen molar-refractivity contribution in [1.29, 1.82) is 5.41 Å². The average Bonchev–Trinajstić information content (AvgIpc) is 1.82. The number of amidine groups is 1. The van der Waals surface area contributed by atoms with Crippen molar-refractivity contribution in [3.8, 4) is 0 Å². The molecule has 0 aromatic rings. The Hall–Kier alpha value is -0.710. The molecule has 0 spiro atoms. The lowest BCUT2D eigenvalue weighted by Gasteiger charge is -2.03. The van der Waals surface area contributed by atoms with Crippen molar-refractivity contribution in [3.63, 3.8) is 0 Å². The maximum Gasteiger partial charge on any atom is 0.221 e. The summed E-state index contributed by atoms with van der Waals surface area (Å²) in [6.45, 7) is 1.71. The van der Waals surface area contributed by atoms with E-state index in [1.807, 2.05) is 0 Å². The van der Waals surface area contributed by atoms with Crippen molar-refractivity contribution in [2.24, 2.45) is 17.4 Å². The maximum atomic E-state index is 10.4. The highest BCUT2D eigenvalue weighted by Gasteiger charge is 2.08. The molecule has 0 saturated carbocycles. The first-order valence-corrected chi connectivity index (χ1v) is 3.78. The van der Waals surface area contributed by atoms with Crippen LogP contribution in [-0.2, 0) is 4.79 Å². The number of carbonyl (C=O) groups is 1. The van der Waals surface area contributed by atoms with Crippen LogP contribution in [0.5, 0.6) is 0 Å². The van der Waals surface area contributed by atoms with E-state index >= 15 is 0 Å². The molecule has 1 amide bonds. The number of hydrogen-bond donors (Lipinski definition) is 3. The van der Waals surface area contributed by atoms with Gasteiger partial charge in [0.2, 0.25) is 5.91 Å². The summed E-state index contributed by atoms with van der Waals surface area (Å²) in [5.41, 5.74) is 9.99. The first kappa shape index (κ1) is 9.29. The minimum absolute atomic E-state index is 0.0214. The summed E-state index contributed by atoms with van der Waals surface area (Å²) in [6, 6.07) is 0. The third kappa shape index (κ3) is 4.20. The van der Waals surface area contributed by atoms with Crippen LogP contribution in [0.15, 0.2) is 0 Å². The normalized spacial score (nSPS) is 12.5. The molecule has 5 heteroatoms. The second kappa shape index (κ2) is 4.16. The predicted octanol–water partition coefficient (Wildman–Crippen LogP) is -0.266. The zero-order valence-corrected chi connectivity index (χ0v) is 6.57. The Bertz CT molecular complexity index is 148. The van der Waals surface area contributed by atoms with Crippen LogP contribution in [0, 0.1) is 11.3 Å². The van der Waals surface area contributed by atoms with Gasteiger partial charge in [0.05, 0.1) is 0 Å². The first-order valence-electron chi connectivity index (χ1n) is 2.80. The lowest BCUT2D eigenvalue weighted by atomic mass is 10.2. The Kier molecular flexibility index (Phi) is 3.87. The molecule has 0 heterocycles. The topological polar surface area (TPSA) is 93.0 Å². The van der Waals surface area contributed by atoms with Gasteiger partial charge in [-0.1, -0.05) is 18.7 Å². The van der Waals surface area contributed by atoms with Gasteiger partial charge in [-0.2, -0.15) is 0 Å². The summed E-state index contributed by atoms with van der Waals surface area (Å²) < 4.78 is 0. The van der Waals surface area contributed by atoms with Gasteiger partial charge < -0.3 is 11.5 Å². The largest absolute Gasteiger partial charge is 0.379 e. The maximum absolute atomic E-state index is 10.4. The fourth-order valence-corrected chi connectivity index (χ4v) is 0.891. The molecule has 0 aliphatic carbocycles. The van der Waals surface area contributed by atoms with Crippen molar-refractivity contribution < 1.29 is 4.79 Å². The average molecular weight is 161 g/mol. The van der Waals surface area contributed by atoms with Crippen LogP contribution >= 0.6 is 11.8 Å². The third-order valence-corrected chi connectivity index (χ3v) is 1.95. The highest BCUT2D eigenvalue weighted by Crippen LogP contribution is 2.05. The summed E-state index contributed by atoms with van der Waals surface area (Å²) in [7, 11) is 0. The number of rotatable bonds is 3. The van der Waals surface area contributed by atoms with E-state index in [2.05, 4.69) is 0 Å². The number of thioether (sulfide) groups is 1. The van der Waals surface area contributed by atoms with E-state index in [-0.39, 0.29) is 17.0 Å². The van der Waals surface area contributed by atoms with Gasteiger partial charge >= 0.3 is 0 Å². The van der Waals surface area contributed by atoms with Crippen molar-refractivity contribution in [2.45, 2.75) is 6.92 Å². The third-order valence-electron chi connectivity index (χ3n) is 0.975. The molecule has 10 heavy (non-hydrogen) atoms. The Labute approximate surface area is 63.8 Å². The molecule has 0 fully saturated rings. The molecule has 0 aromatic carbocycles. The molecule has 58 valence electrons. The van der Waals surface area contributed by atoms with Crippen LogP contribution in [0.25, 0.3) is 0 Å². The fraction of sp³-hybridized carbons (Fsp3) is 0.600. The number of carbonyl (C=O) groups excluding carboxylic acids is 1. The minimum Gasteiger partial charge on any atom is -0.379 e. The van der Waals surface area contributed by atoms with E-state index < -0.39 is 0 Å². The second-order valence-electron chi connectivity index (χ2n) is 1.98. The predicted molar refractivity (Wildman–Crippen MR) is 42.7 cm³/mol. The molecule has 0 aromatic heterocycles. The van der Waals surface area contributed by atoms with Crippen molar-refractivity contribution in [3.05, 3.63) is 0 Å². The number of primary amides is 1. The van der Waals surface area contributed by atoms with E-state index in [0.29, 0.717) is 5.75 Å². The molecule has 0 rings (SSSR count).